The minimum absolute atomic E-state index is 0.0425. The van der Waals surface area contributed by atoms with Gasteiger partial charge in [0.2, 0.25) is 0 Å². The van der Waals surface area contributed by atoms with Crippen LogP contribution in [0, 0.1) is 0 Å². The maximum absolute atomic E-state index is 11.1. The van der Waals surface area contributed by atoms with Crippen LogP contribution in [0.25, 0.3) is 0 Å². The minimum Gasteiger partial charge on any atom is -0.493 e. The third-order valence-corrected chi connectivity index (χ3v) is 5.19. The van der Waals surface area contributed by atoms with Gasteiger partial charge < -0.3 is 23.5 Å². The summed E-state index contributed by atoms with van der Waals surface area (Å²) < 4.78 is 43.6. The van der Waals surface area contributed by atoms with Crippen LogP contribution in [-0.2, 0) is 30.8 Å². The third kappa shape index (κ3) is 5.94. The second-order valence-electron chi connectivity index (χ2n) is 7.17. The van der Waals surface area contributed by atoms with Crippen molar-refractivity contribution < 1.29 is 36.7 Å². The highest BCUT2D eigenvalue weighted by Crippen LogP contribution is 2.29. The summed E-state index contributed by atoms with van der Waals surface area (Å²) in [5.74, 6) is -1.78. The van der Waals surface area contributed by atoms with Crippen molar-refractivity contribution in [3.63, 3.8) is 0 Å². The normalized spacial score (nSPS) is 21.7. The molecule has 3 rings (SSSR count). The van der Waals surface area contributed by atoms with Crippen molar-refractivity contribution in [2.75, 3.05) is 26.1 Å². The molecular formula is C21H24O8S. The van der Waals surface area contributed by atoms with Crippen molar-refractivity contribution in [1.82, 2.24) is 0 Å². The number of hydrogen-bond acceptors (Lipinski definition) is 7. The van der Waals surface area contributed by atoms with Gasteiger partial charge in [0.15, 0.2) is 0 Å². The van der Waals surface area contributed by atoms with Gasteiger partial charge in [-0.1, -0.05) is 24.3 Å². The van der Waals surface area contributed by atoms with E-state index in [9.17, 15) is 13.2 Å². The summed E-state index contributed by atoms with van der Waals surface area (Å²) >= 11 is 0. The van der Waals surface area contributed by atoms with E-state index in [4.69, 9.17) is 23.5 Å². The van der Waals surface area contributed by atoms with Crippen LogP contribution in [0.2, 0.25) is 0 Å². The fourth-order valence-electron chi connectivity index (χ4n) is 2.93. The number of hydrogen-bond donors (Lipinski definition) is 1. The molecule has 0 unspecified atom stereocenters. The van der Waals surface area contributed by atoms with Gasteiger partial charge in [0, 0.05) is 19.3 Å². The van der Waals surface area contributed by atoms with E-state index in [2.05, 4.69) is 0 Å². The predicted molar refractivity (Wildman–Crippen MR) is 108 cm³/mol. The van der Waals surface area contributed by atoms with E-state index in [1.54, 1.807) is 24.3 Å². The molecule has 0 saturated carbocycles. The molecule has 2 aromatic rings. The highest BCUT2D eigenvalue weighted by atomic mass is 32.2. The molecule has 1 N–H and O–H groups in total. The van der Waals surface area contributed by atoms with E-state index in [0.29, 0.717) is 18.8 Å². The van der Waals surface area contributed by atoms with Crippen LogP contribution in [0.4, 0.5) is 0 Å². The van der Waals surface area contributed by atoms with Crippen molar-refractivity contribution in [2.24, 2.45) is 0 Å². The minimum atomic E-state index is -3.53. The maximum Gasteiger partial charge on any atom is 0.364 e. The van der Waals surface area contributed by atoms with E-state index in [-0.39, 0.29) is 24.9 Å². The molecule has 8 nitrogen and oxygen atoms in total. The Morgan fingerprint density at radius 2 is 1.63 bits per heavy atom. The van der Waals surface area contributed by atoms with Gasteiger partial charge in [-0.15, -0.1) is 0 Å². The smallest absolute Gasteiger partial charge is 0.364 e. The maximum atomic E-state index is 11.1. The lowest BCUT2D eigenvalue weighted by atomic mass is 9.99. The highest BCUT2D eigenvalue weighted by molar-refractivity contribution is 7.86. The van der Waals surface area contributed by atoms with Gasteiger partial charge in [-0.2, -0.15) is 8.42 Å². The summed E-state index contributed by atoms with van der Waals surface area (Å²) in [6.45, 7) is 2.39. The molecule has 0 aromatic heterocycles. The first-order chi connectivity index (χ1) is 14.1. The number of rotatable bonds is 8. The van der Waals surface area contributed by atoms with E-state index in [1.807, 2.05) is 24.3 Å². The van der Waals surface area contributed by atoms with Crippen LogP contribution in [0.15, 0.2) is 48.5 Å². The van der Waals surface area contributed by atoms with Gasteiger partial charge in [0.25, 0.3) is 5.79 Å². The lowest BCUT2D eigenvalue weighted by Crippen LogP contribution is -2.47. The fourth-order valence-corrected chi connectivity index (χ4v) is 3.40. The van der Waals surface area contributed by atoms with E-state index < -0.39 is 21.9 Å². The zero-order valence-electron chi connectivity index (χ0n) is 16.7. The molecule has 0 amide bonds. The fraction of sp³-hybridized carbons (Fsp3) is 0.381. The molecule has 0 spiro atoms. The number of benzene rings is 2. The molecule has 0 radical (unpaired) electrons. The Labute approximate surface area is 175 Å². The molecule has 2 aromatic carbocycles. The van der Waals surface area contributed by atoms with Crippen LogP contribution in [0.3, 0.4) is 0 Å². The topological polar surface area (TPSA) is 108 Å². The Morgan fingerprint density at radius 1 is 1.07 bits per heavy atom. The third-order valence-electron chi connectivity index (χ3n) is 4.69. The van der Waals surface area contributed by atoms with Gasteiger partial charge in [0.05, 0.1) is 26.1 Å². The van der Waals surface area contributed by atoms with Gasteiger partial charge in [-0.3, -0.25) is 0 Å². The first kappa shape index (κ1) is 22.1. The lowest BCUT2D eigenvalue weighted by molar-refractivity contribution is -0.262. The summed E-state index contributed by atoms with van der Waals surface area (Å²) in [5.41, 5.74) is 1.97. The summed E-state index contributed by atoms with van der Waals surface area (Å²) in [6.07, 6.45) is 1.65. The second kappa shape index (κ2) is 9.03. The van der Waals surface area contributed by atoms with Crippen LogP contribution >= 0.6 is 0 Å². The first-order valence-electron chi connectivity index (χ1n) is 9.37. The molecule has 0 atom stereocenters. The van der Waals surface area contributed by atoms with Gasteiger partial charge in [-0.25, -0.2) is 4.79 Å². The highest BCUT2D eigenvalue weighted by Gasteiger charge is 2.40. The average Bonchev–Trinajstić information content (AvgIpc) is 2.69. The Balaban J connectivity index is 1.47. The summed E-state index contributed by atoms with van der Waals surface area (Å²) in [6, 6.07) is 14.3. The van der Waals surface area contributed by atoms with E-state index >= 15 is 0 Å². The number of carboxylic acid groups (broad SMARTS) is 1. The molecule has 1 fully saturated rings. The van der Waals surface area contributed by atoms with Crippen molar-refractivity contribution in [1.29, 1.82) is 0 Å². The molecule has 162 valence electrons. The molecule has 1 aliphatic heterocycles. The van der Waals surface area contributed by atoms with Crippen LogP contribution in [0.5, 0.6) is 11.5 Å². The van der Waals surface area contributed by atoms with Gasteiger partial charge >= 0.3 is 16.1 Å². The Morgan fingerprint density at radius 3 is 2.17 bits per heavy atom. The Bertz CT molecular complexity index is 959. The summed E-state index contributed by atoms with van der Waals surface area (Å²) in [4.78, 5) is 11.1. The Hall–Kier alpha value is -2.62. The molecule has 0 aliphatic carbocycles. The number of carboxylic acids is 1. The lowest BCUT2D eigenvalue weighted by Gasteiger charge is -2.34. The quantitative estimate of drug-likeness (QED) is 0.629. The molecule has 1 saturated heterocycles. The van der Waals surface area contributed by atoms with Crippen LogP contribution < -0.4 is 8.92 Å². The van der Waals surface area contributed by atoms with Crippen molar-refractivity contribution in [3.8, 4) is 11.5 Å². The van der Waals surface area contributed by atoms with E-state index in [1.165, 1.54) is 6.92 Å². The van der Waals surface area contributed by atoms with Crippen LogP contribution in [-0.4, -0.2) is 51.4 Å². The van der Waals surface area contributed by atoms with Crippen molar-refractivity contribution in [2.45, 2.75) is 25.0 Å². The molecule has 0 bridgehead atoms. The van der Waals surface area contributed by atoms with Gasteiger partial charge in [0.1, 0.15) is 11.5 Å². The number of carbonyl (C=O) groups is 1. The molecule has 9 heteroatoms. The second-order valence-corrected chi connectivity index (χ2v) is 8.74. The first-order valence-corrected chi connectivity index (χ1v) is 11.2. The molecule has 1 heterocycles. The van der Waals surface area contributed by atoms with E-state index in [0.717, 1.165) is 17.4 Å². The van der Waals surface area contributed by atoms with Crippen LogP contribution in [0.1, 0.15) is 24.0 Å². The molecule has 30 heavy (non-hydrogen) atoms. The number of aliphatic carboxylic acids is 1. The standard InChI is InChI=1S/C21H24O8S/c1-21(20(22)23)27-13-17(14-28-21)16-5-9-18(10-6-16)26-12-11-15-3-7-19(8-4-15)29-30(2,24)25/h3-10,17H,11-14H2,1-2H3,(H,22,23). The average molecular weight is 436 g/mol. The zero-order valence-corrected chi connectivity index (χ0v) is 17.6. The predicted octanol–water partition coefficient (Wildman–Crippen LogP) is 2.58. The van der Waals surface area contributed by atoms with Crippen molar-refractivity contribution in [3.05, 3.63) is 59.7 Å². The monoisotopic (exact) mass is 436 g/mol. The summed E-state index contributed by atoms with van der Waals surface area (Å²) in [7, 11) is -3.53. The SMILES string of the molecule is CC1(C(=O)O)OCC(c2ccc(OCCc3ccc(OS(C)(=O)=O)cc3)cc2)CO1. The largest absolute Gasteiger partial charge is 0.493 e. The van der Waals surface area contributed by atoms with Crippen molar-refractivity contribution >= 4 is 16.1 Å². The molecule has 1 aliphatic rings. The summed E-state index contributed by atoms with van der Waals surface area (Å²) in [5, 5.41) is 9.12. The number of ether oxygens (including phenoxy) is 3. The van der Waals surface area contributed by atoms with Gasteiger partial charge in [-0.05, 0) is 35.4 Å². The molecular weight excluding hydrogens is 412 g/mol. The zero-order chi connectivity index (χ0) is 21.8. The Kier molecular flexibility index (Phi) is 6.64.